The van der Waals surface area contributed by atoms with Crippen molar-refractivity contribution < 1.29 is 27.1 Å². The molecule has 0 aliphatic carbocycles. The number of carbonyl (C=O) groups is 1. The van der Waals surface area contributed by atoms with Crippen LogP contribution in [0.15, 0.2) is 67.0 Å². The van der Waals surface area contributed by atoms with E-state index in [1.54, 1.807) is 18.2 Å². The van der Waals surface area contributed by atoms with Crippen molar-refractivity contribution in [2.45, 2.75) is 39.3 Å². The van der Waals surface area contributed by atoms with Crippen LogP contribution in [0.3, 0.4) is 0 Å². The summed E-state index contributed by atoms with van der Waals surface area (Å²) in [5, 5.41) is 6.58. The fourth-order valence-corrected chi connectivity index (χ4v) is 3.65. The summed E-state index contributed by atoms with van der Waals surface area (Å²) in [6, 6.07) is 15.0. The minimum atomic E-state index is -1.76. The minimum Gasteiger partial charge on any atom is -0.489 e. The third-order valence-corrected chi connectivity index (χ3v) is 5.74. The molecule has 0 saturated heterocycles. The summed E-state index contributed by atoms with van der Waals surface area (Å²) in [6.45, 7) is 6.18. The summed E-state index contributed by atoms with van der Waals surface area (Å²) in [7, 11) is 0. The van der Waals surface area contributed by atoms with Crippen molar-refractivity contribution in [1.29, 1.82) is 0 Å². The van der Waals surface area contributed by atoms with E-state index in [0.717, 1.165) is 10.2 Å². The molecule has 0 atom stereocenters. The number of hydrogen-bond acceptors (Lipinski definition) is 3. The van der Waals surface area contributed by atoms with E-state index >= 15 is 0 Å². The maximum Gasteiger partial charge on any atom is 0.255 e. The molecule has 0 fully saturated rings. The highest BCUT2D eigenvalue weighted by Crippen LogP contribution is 2.25. The summed E-state index contributed by atoms with van der Waals surface area (Å²) in [6.07, 6.45) is 2.61. The van der Waals surface area contributed by atoms with Crippen LogP contribution in [-0.2, 0) is 18.6 Å². The van der Waals surface area contributed by atoms with Crippen LogP contribution in [0.1, 0.15) is 47.8 Å². The van der Waals surface area contributed by atoms with Crippen molar-refractivity contribution in [1.82, 2.24) is 9.78 Å². The van der Waals surface area contributed by atoms with Crippen LogP contribution < -0.4 is 10.1 Å². The van der Waals surface area contributed by atoms with Gasteiger partial charge in [0.2, 0.25) is 0 Å². The Morgan fingerprint density at radius 2 is 1.70 bits per heavy atom. The molecule has 4 aromatic rings. The molecule has 1 heterocycles. The molecule has 0 unspecified atom stereocenters. The van der Waals surface area contributed by atoms with Crippen LogP contribution in [0.5, 0.6) is 5.75 Å². The largest absolute Gasteiger partial charge is 0.489 e. The van der Waals surface area contributed by atoms with Gasteiger partial charge in [-0.05, 0) is 40.8 Å². The molecule has 37 heavy (non-hydrogen) atoms. The number of halogens is 4. The SMILES string of the molecule is CC(C)(C)c1ccc(OCc2cccc(C(=O)Nc3cnn(Cc4c(F)cc(F)c(F)c4F)c3)c2)cc1. The van der Waals surface area contributed by atoms with Crippen molar-refractivity contribution in [3.8, 4) is 5.75 Å². The molecule has 1 N–H and O–H groups in total. The Bertz CT molecular complexity index is 1430. The predicted octanol–water partition coefficient (Wildman–Crippen LogP) is 6.62. The van der Waals surface area contributed by atoms with Gasteiger partial charge in [-0.15, -0.1) is 0 Å². The van der Waals surface area contributed by atoms with Crippen LogP contribution in [0.2, 0.25) is 0 Å². The predicted molar refractivity (Wildman–Crippen MR) is 131 cm³/mol. The second kappa shape index (κ2) is 10.5. The summed E-state index contributed by atoms with van der Waals surface area (Å²) in [4.78, 5) is 12.7. The maximum absolute atomic E-state index is 13.9. The lowest BCUT2D eigenvalue weighted by atomic mass is 9.87. The average molecular weight is 512 g/mol. The van der Waals surface area contributed by atoms with Gasteiger partial charge in [0.25, 0.3) is 5.91 Å². The summed E-state index contributed by atoms with van der Waals surface area (Å²) < 4.78 is 61.4. The van der Waals surface area contributed by atoms with Gasteiger partial charge in [0, 0.05) is 23.4 Å². The number of rotatable bonds is 7. The first-order valence-corrected chi connectivity index (χ1v) is 11.5. The van der Waals surface area contributed by atoms with E-state index in [1.807, 2.05) is 30.3 Å². The molecule has 0 aliphatic heterocycles. The molecule has 1 aromatic heterocycles. The highest BCUT2D eigenvalue weighted by atomic mass is 19.2. The molecule has 0 saturated carbocycles. The Kier molecular flexibility index (Phi) is 7.33. The first-order valence-electron chi connectivity index (χ1n) is 11.5. The summed E-state index contributed by atoms with van der Waals surface area (Å²) in [5.74, 6) is -5.95. The van der Waals surface area contributed by atoms with Gasteiger partial charge >= 0.3 is 0 Å². The zero-order valence-corrected chi connectivity index (χ0v) is 20.5. The van der Waals surface area contributed by atoms with Gasteiger partial charge in [-0.3, -0.25) is 9.48 Å². The van der Waals surface area contributed by atoms with Crippen LogP contribution >= 0.6 is 0 Å². The molecular weight excluding hydrogens is 486 g/mol. The Hall–Kier alpha value is -4.14. The van der Waals surface area contributed by atoms with Gasteiger partial charge < -0.3 is 10.1 Å². The average Bonchev–Trinajstić information content (AvgIpc) is 3.30. The second-order valence-corrected chi connectivity index (χ2v) is 9.59. The van der Waals surface area contributed by atoms with Crippen molar-refractivity contribution in [2.75, 3.05) is 5.32 Å². The van der Waals surface area contributed by atoms with Crippen LogP contribution in [0.4, 0.5) is 23.2 Å². The number of amides is 1. The van der Waals surface area contributed by atoms with Crippen molar-refractivity contribution in [2.24, 2.45) is 0 Å². The molecule has 3 aromatic carbocycles. The highest BCUT2D eigenvalue weighted by Gasteiger charge is 2.20. The molecule has 0 aliphatic rings. The van der Waals surface area contributed by atoms with E-state index in [4.69, 9.17) is 4.74 Å². The number of nitrogens with zero attached hydrogens (tertiary/aromatic N) is 2. The van der Waals surface area contributed by atoms with E-state index in [9.17, 15) is 22.4 Å². The fourth-order valence-electron chi connectivity index (χ4n) is 3.65. The Morgan fingerprint density at radius 3 is 2.41 bits per heavy atom. The second-order valence-electron chi connectivity index (χ2n) is 9.59. The van der Waals surface area contributed by atoms with E-state index < -0.39 is 41.3 Å². The zero-order chi connectivity index (χ0) is 26.7. The van der Waals surface area contributed by atoms with E-state index in [0.29, 0.717) is 11.3 Å². The zero-order valence-electron chi connectivity index (χ0n) is 20.5. The van der Waals surface area contributed by atoms with Gasteiger partial charge in [-0.1, -0.05) is 45.0 Å². The normalized spacial score (nSPS) is 11.4. The van der Waals surface area contributed by atoms with E-state index in [1.165, 1.54) is 18.0 Å². The molecule has 192 valence electrons. The lowest BCUT2D eigenvalue weighted by Crippen LogP contribution is -2.12. The number of nitrogens with one attached hydrogen (secondary N) is 1. The minimum absolute atomic E-state index is 0.0436. The van der Waals surface area contributed by atoms with Gasteiger partial charge in [-0.2, -0.15) is 5.10 Å². The quantitative estimate of drug-likeness (QED) is 0.172. The Balaban J connectivity index is 1.38. The van der Waals surface area contributed by atoms with Gasteiger partial charge in [-0.25, -0.2) is 17.6 Å². The van der Waals surface area contributed by atoms with E-state index in [2.05, 4.69) is 31.2 Å². The van der Waals surface area contributed by atoms with Crippen molar-refractivity contribution >= 4 is 11.6 Å². The highest BCUT2D eigenvalue weighted by molar-refractivity contribution is 6.04. The number of carbonyl (C=O) groups excluding carboxylic acids is 1. The Morgan fingerprint density at radius 1 is 0.973 bits per heavy atom. The van der Waals surface area contributed by atoms with Crippen LogP contribution in [-0.4, -0.2) is 15.7 Å². The lowest BCUT2D eigenvalue weighted by molar-refractivity contribution is 0.102. The monoisotopic (exact) mass is 511 g/mol. The molecule has 1 amide bonds. The fraction of sp³-hybridized carbons (Fsp3) is 0.214. The maximum atomic E-state index is 13.9. The Labute approximate surface area is 211 Å². The number of ether oxygens (including phenoxy) is 1. The molecular formula is C28H25F4N3O2. The molecule has 0 spiro atoms. The standard InChI is InChI=1S/C28H25F4N3O2/c1-28(2,3)19-7-9-21(10-8-19)37-16-17-5-4-6-18(11-17)27(36)34-20-13-33-35(14-20)15-22-23(29)12-24(30)26(32)25(22)31/h4-14H,15-16H2,1-3H3,(H,34,36). The number of hydrogen-bond donors (Lipinski definition) is 1. The number of aromatic nitrogens is 2. The smallest absolute Gasteiger partial charge is 0.255 e. The third-order valence-electron chi connectivity index (χ3n) is 5.74. The topological polar surface area (TPSA) is 56.1 Å². The first-order chi connectivity index (χ1) is 17.5. The first kappa shape index (κ1) is 25.9. The number of anilines is 1. The molecule has 9 heteroatoms. The van der Waals surface area contributed by atoms with Crippen molar-refractivity contribution in [3.63, 3.8) is 0 Å². The molecule has 0 bridgehead atoms. The summed E-state index contributed by atoms with van der Waals surface area (Å²) in [5.41, 5.74) is 1.97. The van der Waals surface area contributed by atoms with E-state index in [-0.39, 0.29) is 23.8 Å². The van der Waals surface area contributed by atoms with Crippen molar-refractivity contribution in [3.05, 3.63) is 113 Å². The molecule has 4 rings (SSSR count). The third kappa shape index (κ3) is 6.17. The van der Waals surface area contributed by atoms with Gasteiger partial charge in [0.1, 0.15) is 18.2 Å². The van der Waals surface area contributed by atoms with Gasteiger partial charge in [0.15, 0.2) is 17.5 Å². The summed E-state index contributed by atoms with van der Waals surface area (Å²) >= 11 is 0. The molecule has 0 radical (unpaired) electrons. The van der Waals surface area contributed by atoms with Gasteiger partial charge in [0.05, 0.1) is 18.4 Å². The lowest BCUT2D eigenvalue weighted by Gasteiger charge is -2.19. The van der Waals surface area contributed by atoms with Crippen LogP contribution in [0.25, 0.3) is 0 Å². The van der Waals surface area contributed by atoms with Crippen LogP contribution in [0, 0.1) is 23.3 Å². The number of benzene rings is 3. The molecule has 5 nitrogen and oxygen atoms in total.